The Balaban J connectivity index is 2.18. The molecule has 0 fully saturated rings. The van der Waals surface area contributed by atoms with Crippen LogP contribution in [0, 0.1) is 0 Å². The summed E-state index contributed by atoms with van der Waals surface area (Å²) in [6, 6.07) is 17.8. The van der Waals surface area contributed by atoms with Gasteiger partial charge in [-0.05, 0) is 41.5 Å². The largest absolute Gasteiger partial charge is 0.508 e. The van der Waals surface area contributed by atoms with Crippen molar-refractivity contribution in [2.45, 2.75) is 38.5 Å². The van der Waals surface area contributed by atoms with Crippen LogP contribution >= 0.6 is 0 Å². The van der Waals surface area contributed by atoms with Gasteiger partial charge in [0.1, 0.15) is 23.0 Å². The van der Waals surface area contributed by atoms with E-state index < -0.39 is 10.8 Å². The minimum absolute atomic E-state index is 0.158. The van der Waals surface area contributed by atoms with Gasteiger partial charge < -0.3 is 20.1 Å². The molecule has 152 valence electrons. The number of ether oxygens (including phenoxy) is 1. The number of rotatable bonds is 5. The highest BCUT2D eigenvalue weighted by molar-refractivity contribution is 5.56. The fourth-order valence-corrected chi connectivity index (χ4v) is 3.79. The zero-order valence-corrected chi connectivity index (χ0v) is 17.5. The average molecular weight is 392 g/mol. The molecular formula is C25H28O4. The van der Waals surface area contributed by atoms with Crippen LogP contribution in [0.4, 0.5) is 0 Å². The van der Waals surface area contributed by atoms with Crippen molar-refractivity contribution >= 4 is 0 Å². The van der Waals surface area contributed by atoms with Crippen LogP contribution in [0.1, 0.15) is 49.9 Å². The Labute approximate surface area is 172 Å². The van der Waals surface area contributed by atoms with E-state index >= 15 is 0 Å². The molecule has 3 aromatic carbocycles. The Kier molecular flexibility index (Phi) is 5.22. The molecule has 3 aromatic rings. The SMILES string of the molecule is COc1cc(O)c(C(C)(C)c2ccc(O)cc2)cc1C(C)(C)c1ccc(O)cc1. The van der Waals surface area contributed by atoms with Crippen LogP contribution in [0.25, 0.3) is 0 Å². The number of methoxy groups -OCH3 is 1. The lowest BCUT2D eigenvalue weighted by Crippen LogP contribution is -2.24. The second kappa shape index (κ2) is 7.36. The maximum Gasteiger partial charge on any atom is 0.126 e. The summed E-state index contributed by atoms with van der Waals surface area (Å²) in [7, 11) is 1.59. The van der Waals surface area contributed by atoms with Gasteiger partial charge >= 0.3 is 0 Å². The normalized spacial score (nSPS) is 12.0. The van der Waals surface area contributed by atoms with E-state index in [1.165, 1.54) is 0 Å². The Morgan fingerprint density at radius 1 is 0.621 bits per heavy atom. The summed E-state index contributed by atoms with van der Waals surface area (Å²) in [5.74, 6) is 1.19. The maximum atomic E-state index is 10.8. The van der Waals surface area contributed by atoms with E-state index in [4.69, 9.17) is 4.74 Å². The third-order valence-corrected chi connectivity index (χ3v) is 5.84. The average Bonchev–Trinajstić information content (AvgIpc) is 2.68. The molecule has 4 heteroatoms. The van der Waals surface area contributed by atoms with Gasteiger partial charge in [0.2, 0.25) is 0 Å². The zero-order chi connectivity index (χ0) is 21.4. The Morgan fingerprint density at radius 2 is 1.03 bits per heavy atom. The van der Waals surface area contributed by atoms with Gasteiger partial charge in [-0.25, -0.2) is 0 Å². The quantitative estimate of drug-likeness (QED) is 0.539. The molecule has 3 rings (SSSR count). The molecule has 0 aliphatic heterocycles. The smallest absolute Gasteiger partial charge is 0.126 e. The first-order chi connectivity index (χ1) is 13.6. The number of hydrogen-bond donors (Lipinski definition) is 3. The van der Waals surface area contributed by atoms with Crippen molar-refractivity contribution < 1.29 is 20.1 Å². The van der Waals surface area contributed by atoms with E-state index in [-0.39, 0.29) is 17.2 Å². The fraction of sp³-hybridized carbons (Fsp3) is 0.280. The third-order valence-electron chi connectivity index (χ3n) is 5.84. The molecule has 0 saturated heterocycles. The van der Waals surface area contributed by atoms with Crippen molar-refractivity contribution in [3.8, 4) is 23.0 Å². The summed E-state index contributed by atoms with van der Waals surface area (Å²) < 4.78 is 5.60. The van der Waals surface area contributed by atoms with Gasteiger partial charge in [-0.2, -0.15) is 0 Å². The molecule has 0 bridgehead atoms. The van der Waals surface area contributed by atoms with Crippen LogP contribution < -0.4 is 4.74 Å². The molecule has 0 amide bonds. The van der Waals surface area contributed by atoms with Gasteiger partial charge in [0.05, 0.1) is 7.11 Å². The molecule has 0 aromatic heterocycles. The number of hydrogen-bond acceptors (Lipinski definition) is 4. The number of aromatic hydroxyl groups is 3. The van der Waals surface area contributed by atoms with Crippen LogP contribution in [0.5, 0.6) is 23.0 Å². The molecule has 3 N–H and O–H groups in total. The highest BCUT2D eigenvalue weighted by Gasteiger charge is 2.32. The summed E-state index contributed by atoms with van der Waals surface area (Å²) in [6.45, 7) is 8.26. The van der Waals surface area contributed by atoms with E-state index in [0.29, 0.717) is 5.75 Å². The van der Waals surface area contributed by atoms with Crippen molar-refractivity contribution in [1.29, 1.82) is 0 Å². The molecular weight excluding hydrogens is 364 g/mol. The fourth-order valence-electron chi connectivity index (χ4n) is 3.79. The van der Waals surface area contributed by atoms with Gasteiger partial charge in [-0.1, -0.05) is 52.0 Å². The second-order valence-corrected chi connectivity index (χ2v) is 8.41. The highest BCUT2D eigenvalue weighted by atomic mass is 16.5. The molecule has 0 radical (unpaired) electrons. The van der Waals surface area contributed by atoms with E-state index in [2.05, 4.69) is 13.8 Å². The van der Waals surface area contributed by atoms with E-state index in [1.807, 2.05) is 44.2 Å². The predicted molar refractivity (Wildman–Crippen MR) is 115 cm³/mol. The first-order valence-corrected chi connectivity index (χ1v) is 9.58. The molecule has 0 unspecified atom stereocenters. The molecule has 0 heterocycles. The van der Waals surface area contributed by atoms with Crippen LogP contribution in [0.2, 0.25) is 0 Å². The molecule has 0 spiro atoms. The molecule has 0 atom stereocenters. The monoisotopic (exact) mass is 392 g/mol. The summed E-state index contributed by atoms with van der Waals surface area (Å²) in [4.78, 5) is 0. The molecule has 0 saturated carbocycles. The topological polar surface area (TPSA) is 69.9 Å². The van der Waals surface area contributed by atoms with Crippen molar-refractivity contribution in [2.75, 3.05) is 7.11 Å². The van der Waals surface area contributed by atoms with Gasteiger partial charge in [0.15, 0.2) is 0 Å². The van der Waals surface area contributed by atoms with E-state index in [9.17, 15) is 15.3 Å². The molecule has 0 aliphatic carbocycles. The van der Waals surface area contributed by atoms with Crippen LogP contribution in [-0.4, -0.2) is 22.4 Å². The predicted octanol–water partition coefficient (Wildman–Crippen LogP) is 5.46. The number of benzene rings is 3. The third kappa shape index (κ3) is 3.75. The highest BCUT2D eigenvalue weighted by Crippen LogP contribution is 2.45. The number of phenols is 3. The maximum absolute atomic E-state index is 10.8. The van der Waals surface area contributed by atoms with Crippen LogP contribution in [0.15, 0.2) is 60.7 Å². The van der Waals surface area contributed by atoms with Crippen LogP contribution in [0.3, 0.4) is 0 Å². The van der Waals surface area contributed by atoms with Crippen molar-refractivity contribution in [1.82, 2.24) is 0 Å². The Hall–Kier alpha value is -3.14. The molecule has 29 heavy (non-hydrogen) atoms. The first-order valence-electron chi connectivity index (χ1n) is 9.58. The zero-order valence-electron chi connectivity index (χ0n) is 17.5. The van der Waals surface area contributed by atoms with E-state index in [0.717, 1.165) is 22.3 Å². The van der Waals surface area contributed by atoms with Gasteiger partial charge in [-0.15, -0.1) is 0 Å². The van der Waals surface area contributed by atoms with Gasteiger partial charge in [-0.3, -0.25) is 0 Å². The lowest BCUT2D eigenvalue weighted by molar-refractivity contribution is 0.390. The summed E-state index contributed by atoms with van der Waals surface area (Å²) in [5.41, 5.74) is 2.78. The number of phenolic OH excluding ortho intramolecular Hbond substituents is 3. The standard InChI is InChI=1S/C25H28O4/c1-24(2,16-6-10-18(26)11-7-16)20-14-21(23(29-5)15-22(20)28)25(3,4)17-8-12-19(27)13-9-17/h6-15,26-28H,1-5H3. The van der Waals surface area contributed by atoms with Crippen LogP contribution in [-0.2, 0) is 10.8 Å². The molecule has 4 nitrogen and oxygen atoms in total. The Morgan fingerprint density at radius 3 is 1.45 bits per heavy atom. The summed E-state index contributed by atoms with van der Waals surface area (Å²) in [5, 5.41) is 30.1. The van der Waals surface area contributed by atoms with E-state index in [1.54, 1.807) is 37.4 Å². The minimum atomic E-state index is -0.496. The summed E-state index contributed by atoms with van der Waals surface area (Å²) >= 11 is 0. The van der Waals surface area contributed by atoms with Gasteiger partial charge in [0, 0.05) is 28.0 Å². The van der Waals surface area contributed by atoms with Crippen molar-refractivity contribution in [3.05, 3.63) is 82.9 Å². The summed E-state index contributed by atoms with van der Waals surface area (Å²) in [6.07, 6.45) is 0. The Bertz CT molecular complexity index is 1000. The first kappa shape index (κ1) is 20.6. The lowest BCUT2D eigenvalue weighted by Gasteiger charge is -2.32. The van der Waals surface area contributed by atoms with Gasteiger partial charge in [0.25, 0.3) is 0 Å². The molecule has 0 aliphatic rings. The lowest BCUT2D eigenvalue weighted by atomic mass is 9.72. The minimum Gasteiger partial charge on any atom is -0.508 e. The van der Waals surface area contributed by atoms with Crippen molar-refractivity contribution in [3.63, 3.8) is 0 Å². The van der Waals surface area contributed by atoms with Crippen molar-refractivity contribution in [2.24, 2.45) is 0 Å². The second-order valence-electron chi connectivity index (χ2n) is 8.41.